The van der Waals surface area contributed by atoms with E-state index in [1.807, 2.05) is 0 Å². The molecule has 0 atom stereocenters. The van der Waals surface area contributed by atoms with E-state index in [9.17, 15) is 0 Å². The summed E-state index contributed by atoms with van der Waals surface area (Å²) in [6.45, 7) is 6.77. The molecule has 0 unspecified atom stereocenters. The topological polar surface area (TPSA) is 9.23 Å². The zero-order valence-corrected chi connectivity index (χ0v) is 27.5. The van der Waals surface area contributed by atoms with Crippen molar-refractivity contribution >= 4 is 7.26 Å². The Labute approximate surface area is 242 Å². The molecule has 1 nitrogen and oxygen atoms in total. The van der Waals surface area contributed by atoms with Gasteiger partial charge < -0.3 is 4.74 Å². The predicted octanol–water partition coefficient (Wildman–Crippen LogP) is 12.7. The Morgan fingerprint density at radius 1 is 0.421 bits per heavy atom. The van der Waals surface area contributed by atoms with Gasteiger partial charge in [-0.2, -0.15) is 0 Å². The second kappa shape index (κ2) is 24.0. The molecule has 0 spiro atoms. The van der Waals surface area contributed by atoms with Gasteiger partial charge in [0.05, 0.1) is 30.2 Å². The van der Waals surface area contributed by atoms with Crippen LogP contribution in [0.1, 0.15) is 194 Å². The summed E-state index contributed by atoms with van der Waals surface area (Å²) in [6, 6.07) is 0. The van der Waals surface area contributed by atoms with Gasteiger partial charge in [0.1, 0.15) is 0 Å². The Bertz CT molecular complexity index is 476. The average molecular weight is 552 g/mol. The maximum Gasteiger partial charge on any atom is 0.0833 e. The highest BCUT2D eigenvalue weighted by Crippen LogP contribution is 2.72. The quantitative estimate of drug-likeness (QED) is 0.0809. The summed E-state index contributed by atoms with van der Waals surface area (Å²) in [4.78, 5) is 0. The summed E-state index contributed by atoms with van der Waals surface area (Å²) in [6.07, 6.45) is 44.5. The van der Waals surface area contributed by atoms with Gasteiger partial charge in [-0.3, -0.25) is 0 Å². The number of hydrogen-bond donors (Lipinski definition) is 0. The van der Waals surface area contributed by atoms with E-state index < -0.39 is 7.26 Å². The molecule has 0 aliphatic heterocycles. The minimum absolute atomic E-state index is 0.922. The number of ether oxygens (including phenoxy) is 1. The molecule has 38 heavy (non-hydrogen) atoms. The van der Waals surface area contributed by atoms with Crippen LogP contribution in [0.25, 0.3) is 0 Å². The van der Waals surface area contributed by atoms with Crippen molar-refractivity contribution in [2.45, 2.75) is 205 Å². The Kier molecular flexibility index (Phi) is 21.9. The Morgan fingerprint density at radius 3 is 1.26 bits per heavy atom. The minimum Gasteiger partial charge on any atom is -0.378 e. The van der Waals surface area contributed by atoms with Gasteiger partial charge in [-0.1, -0.05) is 123 Å². The molecule has 2 fully saturated rings. The van der Waals surface area contributed by atoms with E-state index in [0.29, 0.717) is 0 Å². The minimum atomic E-state index is -0.922. The molecule has 0 heterocycles. The Balaban J connectivity index is 1.77. The Hall–Kier alpha value is 0.390. The van der Waals surface area contributed by atoms with Crippen molar-refractivity contribution in [3.05, 3.63) is 0 Å². The second-order valence-electron chi connectivity index (χ2n) is 13.4. The van der Waals surface area contributed by atoms with Crippen molar-refractivity contribution in [3.63, 3.8) is 0 Å². The van der Waals surface area contributed by atoms with Crippen LogP contribution in [0, 0.1) is 0 Å². The third kappa shape index (κ3) is 14.9. The second-order valence-corrected chi connectivity index (χ2v) is 18.0. The van der Waals surface area contributed by atoms with Crippen LogP contribution in [-0.4, -0.2) is 36.9 Å². The van der Waals surface area contributed by atoms with E-state index in [0.717, 1.165) is 24.5 Å². The first-order valence-corrected chi connectivity index (χ1v) is 20.6. The van der Waals surface area contributed by atoms with Crippen molar-refractivity contribution in [3.8, 4) is 0 Å². The normalized spacial score (nSPS) is 17.8. The zero-order valence-electron chi connectivity index (χ0n) is 26.6. The first-order chi connectivity index (χ1) is 18.8. The van der Waals surface area contributed by atoms with Crippen molar-refractivity contribution in [2.75, 3.05) is 25.5 Å². The van der Waals surface area contributed by atoms with Crippen LogP contribution in [0.4, 0.5) is 0 Å². The van der Waals surface area contributed by atoms with Crippen LogP contribution in [0.5, 0.6) is 0 Å². The molecule has 0 amide bonds. The van der Waals surface area contributed by atoms with Crippen LogP contribution >= 0.6 is 7.26 Å². The van der Waals surface area contributed by atoms with E-state index >= 15 is 0 Å². The fraction of sp³-hybridized carbons (Fsp3) is 1.00. The van der Waals surface area contributed by atoms with Crippen LogP contribution in [0.15, 0.2) is 0 Å². The van der Waals surface area contributed by atoms with Gasteiger partial charge in [0.25, 0.3) is 0 Å². The molecule has 0 bridgehead atoms. The van der Waals surface area contributed by atoms with Crippen molar-refractivity contribution < 1.29 is 4.74 Å². The maximum absolute atomic E-state index is 6.45. The van der Waals surface area contributed by atoms with E-state index in [-0.39, 0.29) is 0 Å². The number of hydrogen-bond acceptors (Lipinski definition) is 1. The van der Waals surface area contributed by atoms with Gasteiger partial charge in [0, 0.05) is 13.9 Å². The summed E-state index contributed by atoms with van der Waals surface area (Å²) in [5.74, 6) is 0. The molecule has 0 aromatic rings. The largest absolute Gasteiger partial charge is 0.378 e. The highest BCUT2D eigenvalue weighted by Gasteiger charge is 2.51. The smallest absolute Gasteiger partial charge is 0.0833 e. The Morgan fingerprint density at radius 2 is 0.816 bits per heavy atom. The lowest BCUT2D eigenvalue weighted by atomic mass is 9.99. The summed E-state index contributed by atoms with van der Waals surface area (Å²) in [5.41, 5.74) is 2.20. The van der Waals surface area contributed by atoms with Gasteiger partial charge in [-0.05, 0) is 70.6 Å². The molecule has 0 saturated heterocycles. The van der Waals surface area contributed by atoms with Crippen LogP contribution in [-0.2, 0) is 4.74 Å². The lowest BCUT2D eigenvalue weighted by molar-refractivity contribution is 0.144. The third-order valence-corrected chi connectivity index (χ3v) is 16.4. The zero-order chi connectivity index (χ0) is 27.0. The predicted molar refractivity (Wildman–Crippen MR) is 176 cm³/mol. The summed E-state index contributed by atoms with van der Waals surface area (Å²) in [7, 11) is -0.922. The molecule has 0 aromatic heterocycles. The number of unbranched alkanes of at least 4 members (excludes halogenated alkanes) is 16. The molecule has 2 saturated carbocycles. The van der Waals surface area contributed by atoms with E-state index in [4.69, 9.17) is 4.74 Å². The van der Waals surface area contributed by atoms with E-state index in [2.05, 4.69) is 13.8 Å². The molecular weight excluding hydrogens is 479 g/mol. The molecule has 2 aliphatic carbocycles. The van der Waals surface area contributed by atoms with Crippen molar-refractivity contribution in [1.29, 1.82) is 0 Å². The monoisotopic (exact) mass is 552 g/mol. The van der Waals surface area contributed by atoms with E-state index in [1.165, 1.54) is 160 Å². The molecule has 2 heteroatoms. The lowest BCUT2D eigenvalue weighted by Crippen LogP contribution is -2.33. The molecule has 0 N–H and O–H groups in total. The van der Waals surface area contributed by atoms with Gasteiger partial charge >= 0.3 is 0 Å². The first-order valence-electron chi connectivity index (χ1n) is 18.3. The van der Waals surface area contributed by atoms with Crippen LogP contribution in [0.2, 0.25) is 0 Å². The van der Waals surface area contributed by atoms with E-state index in [1.54, 1.807) is 31.8 Å². The van der Waals surface area contributed by atoms with Crippen LogP contribution < -0.4 is 0 Å². The molecule has 2 aliphatic rings. The van der Waals surface area contributed by atoms with Gasteiger partial charge in [0.2, 0.25) is 0 Å². The molecule has 2 rings (SSSR count). The highest BCUT2D eigenvalue weighted by atomic mass is 31.2. The third-order valence-electron chi connectivity index (χ3n) is 10.3. The standard InChI is InChI=1S/C36H72OP/c1-3-5-7-9-11-13-15-17-25-31-37-32-34-38(35-27-21-19-22-28-35,36-29-23-20-24-30-36)33-26-18-16-14-12-10-8-6-4-2/h35-36H,3-34H2,1-2H3/q+1. The van der Waals surface area contributed by atoms with Crippen LogP contribution in [0.3, 0.4) is 0 Å². The first kappa shape index (κ1) is 34.6. The summed E-state index contributed by atoms with van der Waals surface area (Å²) in [5, 5.41) is 0. The molecule has 226 valence electrons. The lowest BCUT2D eigenvalue weighted by Gasteiger charge is -2.44. The highest BCUT2D eigenvalue weighted by molar-refractivity contribution is 7.77. The maximum atomic E-state index is 6.45. The fourth-order valence-electron chi connectivity index (χ4n) is 7.90. The van der Waals surface area contributed by atoms with Gasteiger partial charge in [-0.25, -0.2) is 0 Å². The average Bonchev–Trinajstić information content (AvgIpc) is 2.96. The summed E-state index contributed by atoms with van der Waals surface area (Å²) < 4.78 is 6.45. The number of rotatable bonds is 25. The summed E-state index contributed by atoms with van der Waals surface area (Å²) >= 11 is 0. The van der Waals surface area contributed by atoms with Crippen molar-refractivity contribution in [1.82, 2.24) is 0 Å². The SMILES string of the molecule is CCCCCCCCCCCOCC[P+](CCCCCCCCCCC)(C1CCCCC1)C1CCCCC1. The fourth-order valence-corrected chi connectivity index (χ4v) is 14.2. The molecule has 0 radical (unpaired) electrons. The molecule has 0 aromatic carbocycles. The molecular formula is C36H72OP+. The van der Waals surface area contributed by atoms with Crippen molar-refractivity contribution in [2.24, 2.45) is 0 Å². The van der Waals surface area contributed by atoms with Gasteiger partial charge in [-0.15, -0.1) is 0 Å². The van der Waals surface area contributed by atoms with Gasteiger partial charge in [0.15, 0.2) is 0 Å².